The fourth-order valence-corrected chi connectivity index (χ4v) is 2.56. The van der Waals surface area contributed by atoms with Crippen molar-refractivity contribution in [3.8, 4) is 5.75 Å². The second-order valence-corrected chi connectivity index (χ2v) is 6.84. The van der Waals surface area contributed by atoms with Crippen molar-refractivity contribution in [2.45, 2.75) is 26.2 Å². The molecule has 1 heterocycles. The molecule has 0 unspecified atom stereocenters. The maximum atomic E-state index is 12.1. The van der Waals surface area contributed by atoms with Crippen LogP contribution in [0.4, 0.5) is 11.6 Å². The van der Waals surface area contributed by atoms with Crippen LogP contribution < -0.4 is 26.8 Å². The molecule has 0 bridgehead atoms. The number of aromatic nitrogens is 2. The van der Waals surface area contributed by atoms with Gasteiger partial charge in [0.1, 0.15) is 12.4 Å². The van der Waals surface area contributed by atoms with Crippen LogP contribution in [0.25, 0.3) is 0 Å². The lowest BCUT2D eigenvalue weighted by Gasteiger charge is -2.10. The van der Waals surface area contributed by atoms with Crippen molar-refractivity contribution in [3.05, 3.63) is 40.7 Å². The van der Waals surface area contributed by atoms with E-state index in [1.54, 1.807) is 0 Å². The SMILES string of the molecule is CC(=O)COc1ccc(CCCCNC(=N)NC(=O)c2nc(Cl)c(N)nc2N)cc1. The number of Topliss-reactive ketones (excluding diaryl/α,β-unsaturated/α-hetero) is 1. The number of halogens is 1. The zero-order chi connectivity index (χ0) is 22.1. The first-order valence-corrected chi connectivity index (χ1v) is 9.57. The third-order valence-corrected chi connectivity index (χ3v) is 4.20. The molecule has 0 aliphatic heterocycles. The Morgan fingerprint density at radius 2 is 1.83 bits per heavy atom. The standard InChI is InChI=1S/C19H24ClN7O3/c1-11(28)10-30-13-7-5-12(6-8-13)4-2-3-9-24-19(23)27-18(29)14-16(21)26-17(22)15(20)25-14/h5-8H,2-4,9-10H2,1H3,(H4,21,22,26)(H3,23,24,27,29). The van der Waals surface area contributed by atoms with Crippen LogP contribution in [0.3, 0.4) is 0 Å². The number of anilines is 2. The summed E-state index contributed by atoms with van der Waals surface area (Å²) in [6, 6.07) is 7.57. The van der Waals surface area contributed by atoms with Crippen molar-refractivity contribution in [2.24, 2.45) is 0 Å². The van der Waals surface area contributed by atoms with E-state index in [1.807, 2.05) is 24.3 Å². The molecule has 7 N–H and O–H groups in total. The van der Waals surface area contributed by atoms with Crippen LogP contribution in [0.15, 0.2) is 24.3 Å². The molecule has 30 heavy (non-hydrogen) atoms. The number of guanidine groups is 1. The third kappa shape index (κ3) is 7.21. The van der Waals surface area contributed by atoms with Crippen LogP contribution in [0.2, 0.25) is 5.15 Å². The molecular weight excluding hydrogens is 410 g/mol. The van der Waals surface area contributed by atoms with Gasteiger partial charge in [-0.15, -0.1) is 0 Å². The zero-order valence-corrected chi connectivity index (χ0v) is 17.3. The Kier molecular flexibility index (Phi) is 8.36. The number of amides is 1. The highest BCUT2D eigenvalue weighted by Crippen LogP contribution is 2.17. The number of unbranched alkanes of at least 4 members (excludes halogenated alkanes) is 1. The number of carbonyl (C=O) groups is 2. The smallest absolute Gasteiger partial charge is 0.280 e. The Hall–Kier alpha value is -3.40. The summed E-state index contributed by atoms with van der Waals surface area (Å²) in [6.45, 7) is 2.05. The number of ketones is 1. The maximum Gasteiger partial charge on any atom is 0.280 e. The highest BCUT2D eigenvalue weighted by Gasteiger charge is 2.16. The maximum absolute atomic E-state index is 12.1. The summed E-state index contributed by atoms with van der Waals surface area (Å²) in [5.74, 6) is -0.487. The largest absolute Gasteiger partial charge is 0.486 e. The minimum Gasteiger partial charge on any atom is -0.486 e. The monoisotopic (exact) mass is 433 g/mol. The number of nitrogens with one attached hydrogen (secondary N) is 3. The predicted octanol–water partition coefficient (Wildman–Crippen LogP) is 1.54. The van der Waals surface area contributed by atoms with Gasteiger partial charge in [0, 0.05) is 6.54 Å². The van der Waals surface area contributed by atoms with E-state index < -0.39 is 5.91 Å². The van der Waals surface area contributed by atoms with Gasteiger partial charge in [0.15, 0.2) is 34.2 Å². The van der Waals surface area contributed by atoms with Gasteiger partial charge in [0.05, 0.1) is 0 Å². The fraction of sp³-hybridized carbons (Fsp3) is 0.316. The minimum atomic E-state index is -0.702. The highest BCUT2D eigenvalue weighted by atomic mass is 35.5. The van der Waals surface area contributed by atoms with Crippen molar-refractivity contribution in [1.82, 2.24) is 20.6 Å². The molecule has 10 nitrogen and oxygen atoms in total. The molecule has 0 saturated heterocycles. The number of benzene rings is 1. The summed E-state index contributed by atoms with van der Waals surface area (Å²) in [7, 11) is 0. The van der Waals surface area contributed by atoms with E-state index in [9.17, 15) is 9.59 Å². The molecule has 1 amide bonds. The second-order valence-electron chi connectivity index (χ2n) is 6.48. The van der Waals surface area contributed by atoms with Crippen molar-refractivity contribution in [3.63, 3.8) is 0 Å². The number of nitrogens with two attached hydrogens (primary N) is 2. The Balaban J connectivity index is 1.68. The highest BCUT2D eigenvalue weighted by molar-refractivity contribution is 6.31. The van der Waals surface area contributed by atoms with E-state index in [4.69, 9.17) is 33.2 Å². The molecule has 2 rings (SSSR count). The van der Waals surface area contributed by atoms with Crippen LogP contribution >= 0.6 is 11.6 Å². The second kappa shape index (κ2) is 11.0. The molecule has 2 aromatic rings. The molecule has 0 atom stereocenters. The van der Waals surface area contributed by atoms with Crippen LogP contribution in [-0.4, -0.2) is 40.8 Å². The Labute approximate surface area is 178 Å². The lowest BCUT2D eigenvalue weighted by Crippen LogP contribution is -2.41. The summed E-state index contributed by atoms with van der Waals surface area (Å²) < 4.78 is 5.33. The van der Waals surface area contributed by atoms with Crippen molar-refractivity contribution < 1.29 is 14.3 Å². The summed E-state index contributed by atoms with van der Waals surface area (Å²) in [5.41, 5.74) is 12.0. The Bertz CT molecular complexity index is 919. The average Bonchev–Trinajstić information content (AvgIpc) is 2.69. The van der Waals surface area contributed by atoms with E-state index in [1.165, 1.54) is 6.92 Å². The molecule has 1 aromatic heterocycles. The third-order valence-electron chi connectivity index (χ3n) is 3.92. The van der Waals surface area contributed by atoms with Crippen LogP contribution in [0.5, 0.6) is 5.75 Å². The van der Waals surface area contributed by atoms with Gasteiger partial charge in [-0.2, -0.15) is 0 Å². The summed E-state index contributed by atoms with van der Waals surface area (Å²) in [6.07, 6.45) is 2.52. The van der Waals surface area contributed by atoms with Gasteiger partial charge < -0.3 is 21.5 Å². The number of hydrogen-bond donors (Lipinski definition) is 5. The summed E-state index contributed by atoms with van der Waals surface area (Å²) >= 11 is 5.75. The number of nitrogen functional groups attached to an aromatic ring is 2. The molecule has 0 radical (unpaired) electrons. The van der Waals surface area contributed by atoms with Gasteiger partial charge >= 0.3 is 0 Å². The first kappa shape index (κ1) is 22.9. The zero-order valence-electron chi connectivity index (χ0n) is 16.5. The van der Waals surface area contributed by atoms with Gasteiger partial charge in [0.25, 0.3) is 5.91 Å². The van der Waals surface area contributed by atoms with Gasteiger partial charge in [-0.3, -0.25) is 20.3 Å². The lowest BCUT2D eigenvalue weighted by atomic mass is 10.1. The summed E-state index contributed by atoms with van der Waals surface area (Å²) in [5, 5.41) is 12.8. The molecule has 0 fully saturated rings. The minimum absolute atomic E-state index is 0.0259. The quantitative estimate of drug-likeness (QED) is 0.225. The summed E-state index contributed by atoms with van der Waals surface area (Å²) in [4.78, 5) is 30.6. The first-order valence-electron chi connectivity index (χ1n) is 9.19. The van der Waals surface area contributed by atoms with E-state index in [2.05, 4.69) is 20.6 Å². The average molecular weight is 434 g/mol. The molecule has 1 aromatic carbocycles. The van der Waals surface area contributed by atoms with Crippen LogP contribution in [-0.2, 0) is 11.2 Å². The van der Waals surface area contributed by atoms with E-state index in [-0.39, 0.29) is 40.8 Å². The molecule has 0 saturated carbocycles. The van der Waals surface area contributed by atoms with Gasteiger partial charge in [0.2, 0.25) is 0 Å². The van der Waals surface area contributed by atoms with E-state index in [0.29, 0.717) is 12.3 Å². The first-order chi connectivity index (χ1) is 14.3. The van der Waals surface area contributed by atoms with Gasteiger partial charge in [-0.1, -0.05) is 23.7 Å². The lowest BCUT2D eigenvalue weighted by molar-refractivity contribution is -0.118. The number of aryl methyl sites for hydroxylation is 1. The number of ether oxygens (including phenoxy) is 1. The number of nitrogens with zero attached hydrogens (tertiary/aromatic N) is 2. The van der Waals surface area contributed by atoms with Crippen molar-refractivity contribution >= 4 is 40.9 Å². The predicted molar refractivity (Wildman–Crippen MR) is 115 cm³/mol. The normalized spacial score (nSPS) is 10.3. The molecule has 0 spiro atoms. The number of rotatable bonds is 9. The molecule has 160 valence electrons. The Morgan fingerprint density at radius 1 is 1.13 bits per heavy atom. The van der Waals surface area contributed by atoms with Crippen molar-refractivity contribution in [1.29, 1.82) is 5.41 Å². The van der Waals surface area contributed by atoms with E-state index >= 15 is 0 Å². The molecule has 0 aliphatic carbocycles. The van der Waals surface area contributed by atoms with Crippen molar-refractivity contribution in [2.75, 3.05) is 24.6 Å². The molecule has 0 aliphatic rings. The topological polar surface area (TPSA) is 169 Å². The van der Waals surface area contributed by atoms with Crippen LogP contribution in [0, 0.1) is 5.41 Å². The van der Waals surface area contributed by atoms with E-state index in [0.717, 1.165) is 24.8 Å². The van der Waals surface area contributed by atoms with Crippen LogP contribution in [0.1, 0.15) is 35.8 Å². The van der Waals surface area contributed by atoms with Gasteiger partial charge in [-0.25, -0.2) is 9.97 Å². The molecular formula is C19H24ClN7O3. The molecule has 11 heteroatoms. The van der Waals surface area contributed by atoms with Gasteiger partial charge in [-0.05, 0) is 43.9 Å². The Morgan fingerprint density at radius 3 is 2.50 bits per heavy atom. The fourth-order valence-electron chi connectivity index (χ4n) is 2.43. The number of carbonyl (C=O) groups excluding carboxylic acids is 2. The number of hydrogen-bond acceptors (Lipinski definition) is 8.